The highest BCUT2D eigenvalue weighted by Crippen LogP contribution is 2.41. The average molecular weight is 532 g/mol. The second-order valence-corrected chi connectivity index (χ2v) is 9.90. The van der Waals surface area contributed by atoms with E-state index in [1.54, 1.807) is 53.4 Å². The molecule has 0 N–H and O–H groups in total. The molecular formula is C27H25N5O5S. The van der Waals surface area contributed by atoms with Gasteiger partial charge in [-0.25, -0.2) is 9.88 Å². The van der Waals surface area contributed by atoms with Gasteiger partial charge in [-0.3, -0.25) is 14.9 Å². The molecule has 0 fully saturated rings. The Morgan fingerprint density at radius 1 is 1.13 bits per heavy atom. The number of rotatable bonds is 8. The third-order valence-electron chi connectivity index (χ3n) is 6.28. The quantitative estimate of drug-likeness (QED) is 0.104. The number of benzene rings is 2. The summed E-state index contributed by atoms with van der Waals surface area (Å²) in [4.78, 5) is 29.4. The van der Waals surface area contributed by atoms with E-state index < -0.39 is 17.0 Å². The molecule has 3 heterocycles. The Kier molecular flexibility index (Phi) is 7.10. The van der Waals surface area contributed by atoms with Gasteiger partial charge in [0.2, 0.25) is 5.91 Å². The van der Waals surface area contributed by atoms with Crippen LogP contribution >= 0.6 is 11.8 Å². The van der Waals surface area contributed by atoms with E-state index in [0.29, 0.717) is 33.5 Å². The Bertz CT molecular complexity index is 1500. The Morgan fingerprint density at radius 3 is 2.61 bits per heavy atom. The molecule has 5 rings (SSSR count). The van der Waals surface area contributed by atoms with E-state index in [4.69, 9.17) is 9.52 Å². The minimum Gasteiger partial charge on any atom is -0.854 e. The second-order valence-electron chi connectivity index (χ2n) is 8.83. The van der Waals surface area contributed by atoms with E-state index in [-0.39, 0.29) is 17.3 Å². The number of hydrogen-bond acceptors (Lipinski definition) is 8. The lowest BCUT2D eigenvalue weighted by atomic mass is 10.0. The first kappa shape index (κ1) is 25.4. The maximum absolute atomic E-state index is 13.3. The number of furan rings is 1. The highest BCUT2D eigenvalue weighted by Gasteiger charge is 2.45. The van der Waals surface area contributed by atoms with E-state index in [1.165, 1.54) is 35.5 Å². The van der Waals surface area contributed by atoms with Gasteiger partial charge < -0.3 is 9.52 Å². The van der Waals surface area contributed by atoms with Gasteiger partial charge in [0, 0.05) is 35.5 Å². The normalized spacial score (nSPS) is 14.2. The second kappa shape index (κ2) is 10.6. The summed E-state index contributed by atoms with van der Waals surface area (Å²) in [6.07, 6.45) is 2.26. The molecule has 194 valence electrons. The Balaban J connectivity index is 1.62. The first-order valence-electron chi connectivity index (χ1n) is 12.3. The largest absolute Gasteiger partial charge is 0.854 e. The van der Waals surface area contributed by atoms with Crippen molar-refractivity contribution >= 4 is 29.0 Å². The molecule has 4 aromatic rings. The van der Waals surface area contributed by atoms with Crippen LogP contribution in [0.5, 0.6) is 5.88 Å². The first-order chi connectivity index (χ1) is 18.4. The molecule has 1 amide bonds. The Hall–Kier alpha value is -4.25. The SMILES string of the molecule is CCCCCSc1nc([O-])c2[n+](n1)C(c1ccc(-c3ccc([N+](=O)[O-])cc3)o1)N(C(C)=O)c1ccccc1-2. The molecule has 11 heteroatoms. The van der Waals surface area contributed by atoms with E-state index in [1.807, 2.05) is 0 Å². The first-order valence-corrected chi connectivity index (χ1v) is 13.2. The van der Waals surface area contributed by atoms with E-state index in [9.17, 15) is 20.0 Å². The van der Waals surface area contributed by atoms with Crippen LogP contribution in [0.2, 0.25) is 0 Å². The predicted octanol–water partition coefficient (Wildman–Crippen LogP) is 4.87. The zero-order chi connectivity index (χ0) is 26.8. The summed E-state index contributed by atoms with van der Waals surface area (Å²) in [5.41, 5.74) is 2.00. The summed E-state index contributed by atoms with van der Waals surface area (Å²) in [6.45, 7) is 3.58. The number of amides is 1. The van der Waals surface area contributed by atoms with E-state index in [2.05, 4.69) is 11.9 Å². The minimum absolute atomic E-state index is 0.0275. The number of unbranched alkanes of at least 4 members (excludes halogenated alkanes) is 2. The van der Waals surface area contributed by atoms with Crippen molar-refractivity contribution in [1.82, 2.24) is 10.1 Å². The van der Waals surface area contributed by atoms with Gasteiger partial charge in [-0.05, 0) is 47.5 Å². The standard InChI is InChI=1S/C27H25N5O5S/c1-3-4-7-16-38-27-28-25(34)24-20-8-5-6-9-21(20)30(17(2)33)26(31(24)29-27)23-15-14-22(37-23)18-10-12-19(13-11-18)32(35)36/h5-6,8-15,26H,3-4,7,16H2,1-2H3. The van der Waals surface area contributed by atoms with Crippen molar-refractivity contribution in [2.45, 2.75) is 44.4 Å². The number of nitrogens with zero attached hydrogens (tertiary/aromatic N) is 5. The van der Waals surface area contributed by atoms with Crippen LogP contribution in [0.1, 0.15) is 45.0 Å². The van der Waals surface area contributed by atoms with Gasteiger partial charge in [-0.15, -0.1) is 0 Å². The minimum atomic E-state index is -0.866. The molecule has 1 aliphatic heterocycles. The topological polar surface area (TPSA) is 129 Å². The van der Waals surface area contributed by atoms with Crippen molar-refractivity contribution in [3.63, 3.8) is 0 Å². The van der Waals surface area contributed by atoms with Crippen molar-refractivity contribution < 1.29 is 23.9 Å². The predicted molar refractivity (Wildman–Crippen MR) is 139 cm³/mol. The number of aromatic nitrogens is 3. The van der Waals surface area contributed by atoms with Crippen LogP contribution in [0.4, 0.5) is 11.4 Å². The monoisotopic (exact) mass is 531 g/mol. The molecule has 1 aliphatic rings. The fraction of sp³-hybridized carbons (Fsp3) is 0.259. The molecule has 38 heavy (non-hydrogen) atoms. The van der Waals surface area contributed by atoms with Crippen LogP contribution in [0.25, 0.3) is 22.6 Å². The fourth-order valence-corrected chi connectivity index (χ4v) is 5.33. The third kappa shape index (κ3) is 4.72. The highest BCUT2D eigenvalue weighted by molar-refractivity contribution is 7.99. The van der Waals surface area contributed by atoms with Gasteiger partial charge in [0.05, 0.1) is 22.1 Å². The molecule has 0 saturated heterocycles. The number of anilines is 1. The van der Waals surface area contributed by atoms with Crippen LogP contribution in [0.3, 0.4) is 0 Å². The maximum atomic E-state index is 13.3. The van der Waals surface area contributed by atoms with Gasteiger partial charge in [0.25, 0.3) is 16.5 Å². The molecule has 10 nitrogen and oxygen atoms in total. The lowest BCUT2D eigenvalue weighted by molar-refractivity contribution is -0.765. The summed E-state index contributed by atoms with van der Waals surface area (Å²) in [5.74, 6) is 0.937. The van der Waals surface area contributed by atoms with E-state index in [0.717, 1.165) is 25.0 Å². The molecule has 0 radical (unpaired) electrons. The van der Waals surface area contributed by atoms with Crippen molar-refractivity contribution in [2.75, 3.05) is 10.7 Å². The van der Waals surface area contributed by atoms with Gasteiger partial charge in [0.15, 0.2) is 5.76 Å². The number of nitro groups is 1. The number of nitro benzene ring substituents is 1. The van der Waals surface area contributed by atoms with Crippen LogP contribution in [-0.2, 0) is 4.79 Å². The molecule has 2 aromatic heterocycles. The van der Waals surface area contributed by atoms with Crippen LogP contribution < -0.4 is 14.7 Å². The molecule has 0 aliphatic carbocycles. The summed E-state index contributed by atoms with van der Waals surface area (Å²) < 4.78 is 7.73. The van der Waals surface area contributed by atoms with Crippen LogP contribution in [0.15, 0.2) is 70.2 Å². The number of carbonyl (C=O) groups excluding carboxylic acids is 1. The summed E-state index contributed by atoms with van der Waals surface area (Å²) >= 11 is 1.41. The summed E-state index contributed by atoms with van der Waals surface area (Å²) in [5, 5.41) is 29.4. The maximum Gasteiger partial charge on any atom is 0.325 e. The Morgan fingerprint density at radius 2 is 1.89 bits per heavy atom. The average Bonchev–Trinajstić information content (AvgIpc) is 3.40. The van der Waals surface area contributed by atoms with Crippen LogP contribution in [-0.4, -0.2) is 26.7 Å². The number of fused-ring (bicyclic) bond motifs is 3. The number of non-ortho nitro benzene ring substituents is 1. The molecule has 2 aromatic carbocycles. The highest BCUT2D eigenvalue weighted by atomic mass is 32.2. The number of thioether (sulfide) groups is 1. The molecule has 0 spiro atoms. The van der Waals surface area contributed by atoms with Crippen molar-refractivity contribution in [2.24, 2.45) is 0 Å². The zero-order valence-electron chi connectivity index (χ0n) is 20.9. The third-order valence-corrected chi connectivity index (χ3v) is 7.20. The van der Waals surface area contributed by atoms with Crippen molar-refractivity contribution in [3.05, 3.63) is 76.5 Å². The molecule has 1 atom stereocenters. The number of carbonyl (C=O) groups is 1. The fourth-order valence-electron chi connectivity index (χ4n) is 4.50. The molecule has 1 unspecified atom stereocenters. The van der Waals surface area contributed by atoms with Gasteiger partial charge in [-0.2, -0.15) is 0 Å². The number of hydrogen-bond donors (Lipinski definition) is 0. The van der Waals surface area contributed by atoms with Gasteiger partial charge in [0.1, 0.15) is 5.76 Å². The van der Waals surface area contributed by atoms with Crippen molar-refractivity contribution in [3.8, 4) is 28.5 Å². The Labute approximate surface area is 223 Å². The number of para-hydroxylation sites is 1. The molecule has 0 saturated carbocycles. The van der Waals surface area contributed by atoms with Gasteiger partial charge >= 0.3 is 6.17 Å². The van der Waals surface area contributed by atoms with E-state index >= 15 is 0 Å². The summed E-state index contributed by atoms with van der Waals surface area (Å²) in [6, 6.07) is 16.6. The lowest BCUT2D eigenvalue weighted by Crippen LogP contribution is -2.58. The van der Waals surface area contributed by atoms with Crippen LogP contribution in [0, 0.1) is 10.1 Å². The van der Waals surface area contributed by atoms with Crippen molar-refractivity contribution in [1.29, 1.82) is 0 Å². The summed E-state index contributed by atoms with van der Waals surface area (Å²) in [7, 11) is 0. The molecular weight excluding hydrogens is 506 g/mol. The smallest absolute Gasteiger partial charge is 0.325 e. The van der Waals surface area contributed by atoms with Gasteiger partial charge in [-0.1, -0.05) is 43.7 Å². The lowest BCUT2D eigenvalue weighted by Gasteiger charge is -2.31. The molecule has 0 bridgehead atoms. The zero-order valence-corrected chi connectivity index (χ0v) is 21.7.